The van der Waals surface area contributed by atoms with Gasteiger partial charge in [0.2, 0.25) is 5.88 Å². The lowest BCUT2D eigenvalue weighted by molar-refractivity contribution is 0.458. The predicted molar refractivity (Wildman–Crippen MR) is 60.1 cm³/mol. The molecule has 0 N–H and O–H groups in total. The van der Waals surface area contributed by atoms with Crippen LogP contribution in [0.25, 0.3) is 0 Å². The maximum Gasteiger partial charge on any atom is 0.219 e. The monoisotopic (exact) mass is 239 g/mol. The van der Waals surface area contributed by atoms with Crippen molar-refractivity contribution in [3.63, 3.8) is 0 Å². The zero-order valence-electron chi connectivity index (χ0n) is 9.09. The fourth-order valence-corrected chi connectivity index (χ4v) is 1.28. The van der Waals surface area contributed by atoms with Gasteiger partial charge in [0.05, 0.1) is 11.1 Å². The van der Waals surface area contributed by atoms with Crippen LogP contribution in [0.2, 0.25) is 0 Å². The molecule has 0 radical (unpaired) electrons. The van der Waals surface area contributed by atoms with Gasteiger partial charge in [0.15, 0.2) is 0 Å². The summed E-state index contributed by atoms with van der Waals surface area (Å²) < 4.78 is 18.6. The van der Waals surface area contributed by atoms with Crippen LogP contribution in [0.3, 0.4) is 0 Å². The van der Waals surface area contributed by atoms with Gasteiger partial charge in [0.1, 0.15) is 23.7 Å². The van der Waals surface area contributed by atoms with Gasteiger partial charge in [-0.3, -0.25) is 0 Å². The second-order valence-corrected chi connectivity index (χ2v) is 3.35. The molecule has 0 aliphatic rings. The first kappa shape index (κ1) is 11.6. The smallest absolute Gasteiger partial charge is 0.219 e. The summed E-state index contributed by atoms with van der Waals surface area (Å²) in [6.45, 7) is 0. The van der Waals surface area contributed by atoms with Crippen molar-refractivity contribution < 1.29 is 9.13 Å². The quantitative estimate of drug-likeness (QED) is 0.807. The fraction of sp³-hybridized carbons (Fsp3) is 0. The molecule has 0 aliphatic carbocycles. The summed E-state index contributed by atoms with van der Waals surface area (Å²) in [7, 11) is 0. The molecule has 0 amide bonds. The molecule has 2 aromatic rings. The van der Waals surface area contributed by atoms with Crippen LogP contribution >= 0.6 is 0 Å². The molecule has 18 heavy (non-hydrogen) atoms. The number of ether oxygens (including phenoxy) is 1. The van der Waals surface area contributed by atoms with E-state index in [-0.39, 0.29) is 17.2 Å². The molecule has 0 aliphatic heterocycles. The van der Waals surface area contributed by atoms with Crippen LogP contribution in [-0.2, 0) is 0 Å². The van der Waals surface area contributed by atoms with Crippen molar-refractivity contribution in [3.05, 3.63) is 53.5 Å². The van der Waals surface area contributed by atoms with Crippen LogP contribution < -0.4 is 4.74 Å². The van der Waals surface area contributed by atoms with E-state index in [0.29, 0.717) is 5.56 Å². The van der Waals surface area contributed by atoms with Gasteiger partial charge in [-0.15, -0.1) is 0 Å². The van der Waals surface area contributed by atoms with E-state index in [0.717, 1.165) is 6.07 Å². The molecule has 0 saturated carbocycles. The summed E-state index contributed by atoms with van der Waals surface area (Å²) in [5.41, 5.74) is 0.364. The number of halogens is 1. The molecule has 4 nitrogen and oxygen atoms in total. The molecule has 0 fully saturated rings. The molecule has 86 valence electrons. The summed E-state index contributed by atoms with van der Waals surface area (Å²) in [6, 6.07) is 10.6. The molecule has 1 heterocycles. The number of rotatable bonds is 2. The third kappa shape index (κ3) is 2.42. The van der Waals surface area contributed by atoms with E-state index in [2.05, 4.69) is 4.98 Å². The van der Waals surface area contributed by atoms with Crippen molar-refractivity contribution in [2.75, 3.05) is 0 Å². The highest BCUT2D eigenvalue weighted by atomic mass is 19.1. The van der Waals surface area contributed by atoms with Crippen molar-refractivity contribution in [1.29, 1.82) is 10.5 Å². The molecule has 0 bridgehead atoms. The topological polar surface area (TPSA) is 69.7 Å². The average molecular weight is 239 g/mol. The Kier molecular flexibility index (Phi) is 3.17. The normalized spacial score (nSPS) is 9.28. The minimum atomic E-state index is -0.649. The SMILES string of the molecule is N#Cc1ccc(Oc2ccc(C#N)c(F)c2)nc1. The van der Waals surface area contributed by atoms with Gasteiger partial charge in [-0.1, -0.05) is 0 Å². The maximum absolute atomic E-state index is 13.3. The zero-order valence-corrected chi connectivity index (χ0v) is 9.09. The molecule has 2 rings (SSSR count). The highest BCUT2D eigenvalue weighted by molar-refractivity contribution is 5.38. The Balaban J connectivity index is 2.21. The Hall–Kier alpha value is -2.92. The molecular weight excluding hydrogens is 233 g/mol. The lowest BCUT2D eigenvalue weighted by Gasteiger charge is -2.04. The maximum atomic E-state index is 13.3. The summed E-state index contributed by atoms with van der Waals surface area (Å²) in [5, 5.41) is 17.2. The largest absolute Gasteiger partial charge is 0.439 e. The summed E-state index contributed by atoms with van der Waals surface area (Å²) in [5.74, 6) is -0.162. The first-order valence-electron chi connectivity index (χ1n) is 4.96. The second-order valence-electron chi connectivity index (χ2n) is 3.35. The lowest BCUT2D eigenvalue weighted by Crippen LogP contribution is -1.90. The van der Waals surface area contributed by atoms with Crippen molar-refractivity contribution >= 4 is 0 Å². The lowest BCUT2D eigenvalue weighted by atomic mass is 10.2. The number of hydrogen-bond donors (Lipinski definition) is 0. The van der Waals surface area contributed by atoms with Gasteiger partial charge >= 0.3 is 0 Å². The average Bonchev–Trinajstić information content (AvgIpc) is 2.40. The van der Waals surface area contributed by atoms with Crippen molar-refractivity contribution in [1.82, 2.24) is 4.98 Å². The molecule has 0 unspecified atom stereocenters. The van der Waals surface area contributed by atoms with Crippen LogP contribution in [0.15, 0.2) is 36.5 Å². The van der Waals surface area contributed by atoms with Crippen LogP contribution in [0.5, 0.6) is 11.6 Å². The number of benzene rings is 1. The number of pyridine rings is 1. The third-order valence-electron chi connectivity index (χ3n) is 2.15. The number of nitrogens with zero attached hydrogens (tertiary/aromatic N) is 3. The Labute approximate surface area is 103 Å². The van der Waals surface area contributed by atoms with Crippen LogP contribution in [-0.4, -0.2) is 4.98 Å². The van der Waals surface area contributed by atoms with Crippen molar-refractivity contribution in [2.24, 2.45) is 0 Å². The van der Waals surface area contributed by atoms with Crippen LogP contribution in [0.4, 0.5) is 4.39 Å². The van der Waals surface area contributed by atoms with E-state index >= 15 is 0 Å². The predicted octanol–water partition coefficient (Wildman–Crippen LogP) is 2.76. The summed E-state index contributed by atoms with van der Waals surface area (Å²) >= 11 is 0. The first-order chi connectivity index (χ1) is 8.72. The molecule has 5 heteroatoms. The second kappa shape index (κ2) is 4.94. The van der Waals surface area contributed by atoms with E-state index in [1.54, 1.807) is 12.1 Å². The van der Waals surface area contributed by atoms with E-state index in [1.807, 2.05) is 6.07 Å². The molecule has 0 atom stereocenters. The van der Waals surface area contributed by atoms with E-state index in [1.165, 1.54) is 24.4 Å². The number of nitriles is 2. The van der Waals surface area contributed by atoms with Gasteiger partial charge in [-0.05, 0) is 18.2 Å². The van der Waals surface area contributed by atoms with Gasteiger partial charge < -0.3 is 4.74 Å². The van der Waals surface area contributed by atoms with E-state index in [4.69, 9.17) is 15.3 Å². The van der Waals surface area contributed by atoms with Crippen LogP contribution in [0.1, 0.15) is 11.1 Å². The Morgan fingerprint density at radius 2 is 1.94 bits per heavy atom. The van der Waals surface area contributed by atoms with Gasteiger partial charge in [0, 0.05) is 18.3 Å². The number of hydrogen-bond acceptors (Lipinski definition) is 4. The molecule has 0 saturated heterocycles. The standard InChI is InChI=1S/C13H6FN3O/c14-12-5-11(3-2-10(12)7-16)18-13-4-1-9(6-15)8-17-13/h1-5,8H. The minimum Gasteiger partial charge on any atom is -0.439 e. The Morgan fingerprint density at radius 3 is 2.50 bits per heavy atom. The fourth-order valence-electron chi connectivity index (χ4n) is 1.28. The van der Waals surface area contributed by atoms with E-state index < -0.39 is 5.82 Å². The Morgan fingerprint density at radius 1 is 1.11 bits per heavy atom. The third-order valence-corrected chi connectivity index (χ3v) is 2.15. The highest BCUT2D eigenvalue weighted by Gasteiger charge is 2.05. The van der Waals surface area contributed by atoms with E-state index in [9.17, 15) is 4.39 Å². The Bertz CT molecular complexity index is 653. The van der Waals surface area contributed by atoms with Crippen molar-refractivity contribution in [3.8, 4) is 23.8 Å². The highest BCUT2D eigenvalue weighted by Crippen LogP contribution is 2.21. The van der Waals surface area contributed by atoms with Crippen molar-refractivity contribution in [2.45, 2.75) is 0 Å². The minimum absolute atomic E-state index is 0.0462. The zero-order chi connectivity index (χ0) is 13.0. The number of aromatic nitrogens is 1. The first-order valence-corrected chi connectivity index (χ1v) is 4.96. The molecule has 1 aromatic carbocycles. The molecule has 1 aromatic heterocycles. The van der Waals surface area contributed by atoms with Gasteiger partial charge in [0.25, 0.3) is 0 Å². The van der Waals surface area contributed by atoms with Crippen LogP contribution in [0, 0.1) is 28.5 Å². The summed E-state index contributed by atoms with van der Waals surface area (Å²) in [6.07, 6.45) is 1.36. The summed E-state index contributed by atoms with van der Waals surface area (Å²) in [4.78, 5) is 3.88. The van der Waals surface area contributed by atoms with Gasteiger partial charge in [-0.2, -0.15) is 10.5 Å². The van der Waals surface area contributed by atoms with Gasteiger partial charge in [-0.25, -0.2) is 9.37 Å². The molecule has 0 spiro atoms. The molecular formula is C13H6FN3O.